The van der Waals surface area contributed by atoms with E-state index in [1.54, 1.807) is 7.11 Å². The van der Waals surface area contributed by atoms with Crippen molar-refractivity contribution >= 4 is 5.69 Å². The highest BCUT2D eigenvalue weighted by atomic mass is 16.5. The van der Waals surface area contributed by atoms with E-state index in [0.717, 1.165) is 18.0 Å². The summed E-state index contributed by atoms with van der Waals surface area (Å²) in [6.45, 7) is 2.05. The second kappa shape index (κ2) is 4.86. The number of hydrogen-bond donors (Lipinski definition) is 0. The van der Waals surface area contributed by atoms with Gasteiger partial charge >= 0.3 is 0 Å². The molecule has 4 heteroatoms. The van der Waals surface area contributed by atoms with Gasteiger partial charge in [-0.3, -0.25) is 0 Å². The van der Waals surface area contributed by atoms with Crippen molar-refractivity contribution in [1.82, 2.24) is 0 Å². The van der Waals surface area contributed by atoms with Crippen LogP contribution < -0.4 is 9.64 Å². The Morgan fingerprint density at radius 1 is 1.44 bits per heavy atom. The molecular formula is C12H14N2O2. The zero-order chi connectivity index (χ0) is 11.4. The van der Waals surface area contributed by atoms with E-state index >= 15 is 0 Å². The molecule has 0 aliphatic carbocycles. The van der Waals surface area contributed by atoms with Crippen molar-refractivity contribution in [2.45, 2.75) is 6.10 Å². The van der Waals surface area contributed by atoms with Gasteiger partial charge in [0.1, 0.15) is 5.75 Å². The zero-order valence-corrected chi connectivity index (χ0v) is 9.22. The van der Waals surface area contributed by atoms with E-state index in [1.807, 2.05) is 24.3 Å². The molecule has 0 amide bonds. The van der Waals surface area contributed by atoms with Crippen LogP contribution in [0, 0.1) is 11.3 Å². The van der Waals surface area contributed by atoms with Crippen LogP contribution >= 0.6 is 0 Å². The molecule has 1 saturated heterocycles. The van der Waals surface area contributed by atoms with E-state index in [0.29, 0.717) is 13.2 Å². The van der Waals surface area contributed by atoms with Gasteiger partial charge < -0.3 is 14.4 Å². The maximum Gasteiger partial charge on any atom is 0.161 e. The van der Waals surface area contributed by atoms with Gasteiger partial charge in [-0.2, -0.15) is 5.26 Å². The Morgan fingerprint density at radius 2 is 2.19 bits per heavy atom. The van der Waals surface area contributed by atoms with E-state index in [9.17, 15) is 0 Å². The van der Waals surface area contributed by atoms with Crippen LogP contribution in [-0.4, -0.2) is 32.9 Å². The molecule has 16 heavy (non-hydrogen) atoms. The Hall–Kier alpha value is -1.73. The zero-order valence-electron chi connectivity index (χ0n) is 9.22. The summed E-state index contributed by atoms with van der Waals surface area (Å²) in [5, 5.41) is 8.82. The Morgan fingerprint density at radius 3 is 2.81 bits per heavy atom. The van der Waals surface area contributed by atoms with Gasteiger partial charge in [-0.25, -0.2) is 0 Å². The highest BCUT2D eigenvalue weighted by Crippen LogP contribution is 2.21. The Balaban J connectivity index is 2.08. The molecule has 0 bridgehead atoms. The van der Waals surface area contributed by atoms with E-state index in [1.165, 1.54) is 0 Å². The fourth-order valence-corrected chi connectivity index (χ4v) is 1.75. The first-order chi connectivity index (χ1) is 7.83. The molecule has 84 valence electrons. The standard InChI is InChI=1S/C12H14N2O2/c1-15-11-4-2-10(3-5-11)14-6-7-16-12(8-13)9-14/h2-5,12H,6-7,9H2,1H3. The highest BCUT2D eigenvalue weighted by molar-refractivity contribution is 5.49. The molecule has 1 atom stereocenters. The van der Waals surface area contributed by atoms with E-state index in [2.05, 4.69) is 11.0 Å². The number of hydrogen-bond acceptors (Lipinski definition) is 4. The lowest BCUT2D eigenvalue weighted by molar-refractivity contribution is 0.0764. The average molecular weight is 218 g/mol. The summed E-state index contributed by atoms with van der Waals surface area (Å²) in [6, 6.07) is 9.98. The molecule has 1 unspecified atom stereocenters. The second-order valence-electron chi connectivity index (χ2n) is 3.63. The molecule has 1 aliphatic rings. The summed E-state index contributed by atoms with van der Waals surface area (Å²) < 4.78 is 10.4. The monoisotopic (exact) mass is 218 g/mol. The minimum Gasteiger partial charge on any atom is -0.497 e. The third kappa shape index (κ3) is 2.26. The number of nitrogens with zero attached hydrogens (tertiary/aromatic N) is 2. The maximum absolute atomic E-state index is 8.82. The first-order valence-electron chi connectivity index (χ1n) is 5.23. The van der Waals surface area contributed by atoms with Crippen molar-refractivity contribution in [2.75, 3.05) is 31.7 Å². The largest absolute Gasteiger partial charge is 0.497 e. The van der Waals surface area contributed by atoms with Crippen LogP contribution in [0.4, 0.5) is 5.69 Å². The predicted octanol–water partition coefficient (Wildman–Crippen LogP) is 1.42. The summed E-state index contributed by atoms with van der Waals surface area (Å²) >= 11 is 0. The average Bonchev–Trinajstić information content (AvgIpc) is 2.39. The molecule has 0 spiro atoms. The van der Waals surface area contributed by atoms with Crippen molar-refractivity contribution in [3.63, 3.8) is 0 Å². The highest BCUT2D eigenvalue weighted by Gasteiger charge is 2.19. The van der Waals surface area contributed by atoms with Gasteiger partial charge in [0, 0.05) is 12.2 Å². The molecule has 1 aromatic carbocycles. The van der Waals surface area contributed by atoms with Crippen molar-refractivity contribution in [3.8, 4) is 11.8 Å². The van der Waals surface area contributed by atoms with Gasteiger partial charge in [-0.1, -0.05) is 0 Å². The number of ether oxygens (including phenoxy) is 2. The number of anilines is 1. The molecule has 4 nitrogen and oxygen atoms in total. The van der Waals surface area contributed by atoms with Crippen LogP contribution in [0.2, 0.25) is 0 Å². The van der Waals surface area contributed by atoms with Gasteiger partial charge in [0.05, 0.1) is 26.3 Å². The van der Waals surface area contributed by atoms with Gasteiger partial charge in [0.15, 0.2) is 6.10 Å². The van der Waals surface area contributed by atoms with Crippen molar-refractivity contribution in [1.29, 1.82) is 5.26 Å². The summed E-state index contributed by atoms with van der Waals surface area (Å²) in [5.74, 6) is 0.842. The number of nitriles is 1. The number of rotatable bonds is 2. The van der Waals surface area contributed by atoms with E-state index in [4.69, 9.17) is 14.7 Å². The summed E-state index contributed by atoms with van der Waals surface area (Å²) in [7, 11) is 1.65. The molecule has 0 aromatic heterocycles. The Kier molecular flexibility index (Phi) is 3.28. The fourth-order valence-electron chi connectivity index (χ4n) is 1.75. The van der Waals surface area contributed by atoms with Crippen molar-refractivity contribution < 1.29 is 9.47 Å². The van der Waals surface area contributed by atoms with Crippen LogP contribution in [0.1, 0.15) is 0 Å². The molecule has 0 N–H and O–H groups in total. The van der Waals surface area contributed by atoms with Gasteiger partial charge in [-0.05, 0) is 24.3 Å². The normalized spacial score (nSPS) is 20.2. The van der Waals surface area contributed by atoms with Crippen LogP contribution in [0.3, 0.4) is 0 Å². The minimum absolute atomic E-state index is 0.323. The SMILES string of the molecule is COc1ccc(N2CCOC(C#N)C2)cc1. The quantitative estimate of drug-likeness (QED) is 0.753. The molecule has 1 heterocycles. The molecule has 0 radical (unpaired) electrons. The summed E-state index contributed by atoms with van der Waals surface area (Å²) in [4.78, 5) is 2.15. The topological polar surface area (TPSA) is 45.5 Å². The molecule has 0 saturated carbocycles. The third-order valence-corrected chi connectivity index (χ3v) is 2.65. The number of morpholine rings is 1. The van der Waals surface area contributed by atoms with Crippen molar-refractivity contribution in [3.05, 3.63) is 24.3 Å². The summed E-state index contributed by atoms with van der Waals surface area (Å²) in [6.07, 6.45) is -0.323. The Bertz CT molecular complexity index is 383. The maximum atomic E-state index is 8.82. The molecule has 1 aliphatic heterocycles. The lowest BCUT2D eigenvalue weighted by Gasteiger charge is -2.31. The van der Waals surface area contributed by atoms with E-state index in [-0.39, 0.29) is 6.10 Å². The first kappa shape index (κ1) is 10.8. The lowest BCUT2D eigenvalue weighted by atomic mass is 10.2. The number of benzene rings is 1. The first-order valence-corrected chi connectivity index (χ1v) is 5.23. The smallest absolute Gasteiger partial charge is 0.161 e. The van der Waals surface area contributed by atoms with Crippen LogP contribution in [-0.2, 0) is 4.74 Å². The third-order valence-electron chi connectivity index (χ3n) is 2.65. The van der Waals surface area contributed by atoms with Crippen LogP contribution in [0.15, 0.2) is 24.3 Å². The van der Waals surface area contributed by atoms with Crippen LogP contribution in [0.5, 0.6) is 5.75 Å². The fraction of sp³-hybridized carbons (Fsp3) is 0.417. The van der Waals surface area contributed by atoms with Gasteiger partial charge in [-0.15, -0.1) is 0 Å². The molecule has 2 rings (SSSR count). The van der Waals surface area contributed by atoms with Gasteiger partial charge in [0.2, 0.25) is 0 Å². The number of methoxy groups -OCH3 is 1. The molecular weight excluding hydrogens is 204 g/mol. The Labute approximate surface area is 95.0 Å². The second-order valence-corrected chi connectivity index (χ2v) is 3.63. The van der Waals surface area contributed by atoms with Crippen molar-refractivity contribution in [2.24, 2.45) is 0 Å². The molecule has 1 fully saturated rings. The van der Waals surface area contributed by atoms with Crippen LogP contribution in [0.25, 0.3) is 0 Å². The molecule has 1 aromatic rings. The van der Waals surface area contributed by atoms with E-state index < -0.39 is 0 Å². The minimum atomic E-state index is -0.323. The van der Waals surface area contributed by atoms with Gasteiger partial charge in [0.25, 0.3) is 0 Å². The summed E-state index contributed by atoms with van der Waals surface area (Å²) in [5.41, 5.74) is 1.10. The predicted molar refractivity (Wildman–Crippen MR) is 60.6 cm³/mol. The lowest BCUT2D eigenvalue weighted by Crippen LogP contribution is -2.41.